The number of nitrogens with one attached hydrogen (secondary N) is 1. The number of anilines is 1. The number of hydrogen-bond donors (Lipinski definition) is 1. The van der Waals surface area contributed by atoms with E-state index in [1.54, 1.807) is 6.07 Å². The van der Waals surface area contributed by atoms with Crippen LogP contribution in [0.5, 0.6) is 0 Å². The summed E-state index contributed by atoms with van der Waals surface area (Å²) in [7, 11) is 0. The van der Waals surface area contributed by atoms with Crippen LogP contribution in [0.1, 0.15) is 20.3 Å². The molecule has 2 nitrogen and oxygen atoms in total. The second-order valence-electron chi connectivity index (χ2n) is 4.97. The molecule has 1 aromatic carbocycles. The summed E-state index contributed by atoms with van der Waals surface area (Å²) in [6.45, 7) is 7.30. The lowest BCUT2D eigenvalue weighted by Crippen LogP contribution is -2.48. The van der Waals surface area contributed by atoms with Crippen molar-refractivity contribution in [1.29, 1.82) is 0 Å². The van der Waals surface area contributed by atoms with Crippen LogP contribution in [-0.2, 0) is 0 Å². The molecule has 0 aliphatic carbocycles. The molecule has 2 rings (SSSR count). The van der Waals surface area contributed by atoms with Crippen molar-refractivity contribution in [2.45, 2.75) is 26.3 Å². The van der Waals surface area contributed by atoms with Gasteiger partial charge in [0.25, 0.3) is 0 Å². The van der Waals surface area contributed by atoms with Gasteiger partial charge in [0, 0.05) is 24.8 Å². The van der Waals surface area contributed by atoms with Crippen LogP contribution in [0.4, 0.5) is 10.1 Å². The van der Waals surface area contributed by atoms with Gasteiger partial charge in [-0.2, -0.15) is 0 Å². The number of halogens is 2. The van der Waals surface area contributed by atoms with Crippen molar-refractivity contribution in [2.75, 3.05) is 24.5 Å². The fourth-order valence-electron chi connectivity index (χ4n) is 2.63. The first-order chi connectivity index (χ1) is 8.61. The zero-order chi connectivity index (χ0) is 13.1. The van der Waals surface area contributed by atoms with Gasteiger partial charge in [-0.15, -0.1) is 0 Å². The molecule has 1 aliphatic rings. The minimum atomic E-state index is -0.337. The standard InChI is InChI=1S/C14H20ClFN2/c1-3-17-14-6-7-18(9-10(14)2)11-4-5-12(15)13(16)8-11/h4-5,8,10,14,17H,3,6-7,9H2,1-2H3. The van der Waals surface area contributed by atoms with Gasteiger partial charge in [-0.3, -0.25) is 0 Å². The topological polar surface area (TPSA) is 15.3 Å². The number of hydrogen-bond acceptors (Lipinski definition) is 2. The van der Waals surface area contributed by atoms with Crippen LogP contribution in [0.25, 0.3) is 0 Å². The van der Waals surface area contributed by atoms with Crippen molar-refractivity contribution in [2.24, 2.45) is 5.92 Å². The van der Waals surface area contributed by atoms with Crippen molar-refractivity contribution >= 4 is 17.3 Å². The monoisotopic (exact) mass is 270 g/mol. The predicted molar refractivity (Wildman–Crippen MR) is 74.9 cm³/mol. The molecule has 1 heterocycles. The Kier molecular flexibility index (Phi) is 4.46. The Morgan fingerprint density at radius 2 is 2.28 bits per heavy atom. The highest BCUT2D eigenvalue weighted by Gasteiger charge is 2.25. The van der Waals surface area contributed by atoms with E-state index in [9.17, 15) is 4.39 Å². The van der Waals surface area contributed by atoms with E-state index in [0.717, 1.165) is 31.7 Å². The molecule has 0 aromatic heterocycles. The lowest BCUT2D eigenvalue weighted by molar-refractivity contribution is 0.326. The molecule has 4 heteroatoms. The first kappa shape index (κ1) is 13.6. The molecule has 0 radical (unpaired) electrons. The normalized spacial score (nSPS) is 24.3. The lowest BCUT2D eigenvalue weighted by Gasteiger charge is -2.38. The van der Waals surface area contributed by atoms with Crippen molar-refractivity contribution in [3.63, 3.8) is 0 Å². The molecule has 2 unspecified atom stereocenters. The van der Waals surface area contributed by atoms with Gasteiger partial charge < -0.3 is 10.2 Å². The molecule has 1 saturated heterocycles. The first-order valence-electron chi connectivity index (χ1n) is 6.55. The highest BCUT2D eigenvalue weighted by molar-refractivity contribution is 6.30. The summed E-state index contributed by atoms with van der Waals surface area (Å²) >= 11 is 5.71. The molecule has 0 spiro atoms. The van der Waals surface area contributed by atoms with Gasteiger partial charge in [-0.25, -0.2) is 4.39 Å². The van der Waals surface area contributed by atoms with E-state index in [-0.39, 0.29) is 10.8 Å². The summed E-state index contributed by atoms with van der Waals surface area (Å²) in [5, 5.41) is 3.69. The van der Waals surface area contributed by atoms with E-state index in [0.29, 0.717) is 12.0 Å². The number of nitrogens with zero attached hydrogens (tertiary/aromatic N) is 1. The summed E-state index contributed by atoms with van der Waals surface area (Å²) in [5.74, 6) is 0.230. The van der Waals surface area contributed by atoms with E-state index in [1.807, 2.05) is 6.07 Å². The second-order valence-corrected chi connectivity index (χ2v) is 5.38. The van der Waals surface area contributed by atoms with Crippen molar-refractivity contribution < 1.29 is 4.39 Å². The van der Waals surface area contributed by atoms with Gasteiger partial charge in [0.1, 0.15) is 5.82 Å². The third-order valence-electron chi connectivity index (χ3n) is 3.64. The van der Waals surface area contributed by atoms with Crippen LogP contribution >= 0.6 is 11.6 Å². The Bertz CT molecular complexity index is 411. The molecule has 18 heavy (non-hydrogen) atoms. The van der Waals surface area contributed by atoms with Gasteiger partial charge in [-0.1, -0.05) is 25.4 Å². The molecule has 0 saturated carbocycles. The third-order valence-corrected chi connectivity index (χ3v) is 3.95. The minimum absolute atomic E-state index is 0.189. The Balaban J connectivity index is 2.05. The van der Waals surface area contributed by atoms with Crippen LogP contribution in [0.2, 0.25) is 5.02 Å². The zero-order valence-corrected chi connectivity index (χ0v) is 11.7. The van der Waals surface area contributed by atoms with Crippen molar-refractivity contribution in [1.82, 2.24) is 5.32 Å². The van der Waals surface area contributed by atoms with Crippen molar-refractivity contribution in [3.8, 4) is 0 Å². The largest absolute Gasteiger partial charge is 0.371 e. The highest BCUT2D eigenvalue weighted by Crippen LogP contribution is 2.26. The number of benzene rings is 1. The molecular weight excluding hydrogens is 251 g/mol. The molecule has 100 valence electrons. The van der Waals surface area contributed by atoms with E-state index >= 15 is 0 Å². The molecule has 1 aromatic rings. The number of rotatable bonds is 3. The van der Waals surface area contributed by atoms with Gasteiger partial charge in [0.05, 0.1) is 5.02 Å². The summed E-state index contributed by atoms with van der Waals surface area (Å²) in [6.07, 6.45) is 1.10. The fraction of sp³-hybridized carbons (Fsp3) is 0.571. The first-order valence-corrected chi connectivity index (χ1v) is 6.93. The maximum absolute atomic E-state index is 13.5. The van der Waals surface area contributed by atoms with Gasteiger partial charge in [0.15, 0.2) is 0 Å². The maximum Gasteiger partial charge on any atom is 0.143 e. The smallest absolute Gasteiger partial charge is 0.143 e. The molecule has 1 fully saturated rings. The van der Waals surface area contributed by atoms with E-state index in [1.165, 1.54) is 6.07 Å². The van der Waals surface area contributed by atoms with Crippen LogP contribution in [-0.4, -0.2) is 25.7 Å². The Labute approximate surface area is 113 Å². The molecule has 2 atom stereocenters. The second kappa shape index (κ2) is 5.89. The van der Waals surface area contributed by atoms with Crippen molar-refractivity contribution in [3.05, 3.63) is 29.0 Å². The molecule has 0 bridgehead atoms. The predicted octanol–water partition coefficient (Wildman–Crippen LogP) is 3.30. The highest BCUT2D eigenvalue weighted by atomic mass is 35.5. The van der Waals surface area contributed by atoms with Crippen LogP contribution < -0.4 is 10.2 Å². The molecule has 0 amide bonds. The quantitative estimate of drug-likeness (QED) is 0.907. The van der Waals surface area contributed by atoms with Gasteiger partial charge in [0.2, 0.25) is 0 Å². The average molecular weight is 271 g/mol. The molecule has 1 N–H and O–H groups in total. The Hall–Kier alpha value is -0.800. The average Bonchev–Trinajstić information content (AvgIpc) is 2.35. The minimum Gasteiger partial charge on any atom is -0.371 e. The fourth-order valence-corrected chi connectivity index (χ4v) is 2.74. The SMILES string of the molecule is CCNC1CCN(c2ccc(Cl)c(F)c2)CC1C. The molecular formula is C14H20ClFN2. The summed E-state index contributed by atoms with van der Waals surface area (Å²) in [6, 6.07) is 5.63. The van der Waals surface area contributed by atoms with E-state index in [2.05, 4.69) is 24.1 Å². The van der Waals surface area contributed by atoms with E-state index < -0.39 is 0 Å². The zero-order valence-electron chi connectivity index (χ0n) is 10.9. The van der Waals surface area contributed by atoms with Crippen LogP contribution in [0.15, 0.2) is 18.2 Å². The van der Waals surface area contributed by atoms with Gasteiger partial charge in [-0.05, 0) is 37.1 Å². The molecule has 1 aliphatic heterocycles. The Morgan fingerprint density at radius 3 is 2.89 bits per heavy atom. The Morgan fingerprint density at radius 1 is 1.50 bits per heavy atom. The lowest BCUT2D eigenvalue weighted by atomic mass is 9.93. The van der Waals surface area contributed by atoms with Crippen LogP contribution in [0.3, 0.4) is 0 Å². The summed E-state index contributed by atoms with van der Waals surface area (Å²) < 4.78 is 13.5. The van der Waals surface area contributed by atoms with Crippen LogP contribution in [0, 0.1) is 11.7 Å². The maximum atomic E-state index is 13.5. The van der Waals surface area contributed by atoms with E-state index in [4.69, 9.17) is 11.6 Å². The van der Waals surface area contributed by atoms with Gasteiger partial charge >= 0.3 is 0 Å². The summed E-state index contributed by atoms with van der Waals surface area (Å²) in [4.78, 5) is 2.23. The number of piperidine rings is 1. The third kappa shape index (κ3) is 2.96. The summed E-state index contributed by atoms with van der Waals surface area (Å²) in [5.41, 5.74) is 0.929.